The van der Waals surface area contributed by atoms with E-state index in [0.29, 0.717) is 16.3 Å². The summed E-state index contributed by atoms with van der Waals surface area (Å²) in [5.74, 6) is 0.711. The van der Waals surface area contributed by atoms with E-state index in [1.54, 1.807) is 13.2 Å². The summed E-state index contributed by atoms with van der Waals surface area (Å²) in [6, 6.07) is 19.7. The molecule has 33 heavy (non-hydrogen) atoms. The molecule has 5 rings (SSSR count). The van der Waals surface area contributed by atoms with Crippen LogP contribution in [-0.4, -0.2) is 48.5 Å². The van der Waals surface area contributed by atoms with Crippen molar-refractivity contribution < 1.29 is 9.53 Å². The van der Waals surface area contributed by atoms with Gasteiger partial charge < -0.3 is 19.4 Å². The van der Waals surface area contributed by atoms with Crippen LogP contribution >= 0.6 is 11.6 Å². The predicted molar refractivity (Wildman–Crippen MR) is 132 cm³/mol. The van der Waals surface area contributed by atoms with Crippen LogP contribution in [0.15, 0.2) is 66.9 Å². The highest BCUT2D eigenvalue weighted by atomic mass is 35.5. The minimum Gasteiger partial charge on any atom is -0.495 e. The van der Waals surface area contributed by atoms with Gasteiger partial charge in [0.05, 0.1) is 24.2 Å². The van der Waals surface area contributed by atoms with E-state index in [2.05, 4.69) is 20.8 Å². The molecule has 0 radical (unpaired) electrons. The molecule has 0 aliphatic carbocycles. The van der Waals surface area contributed by atoms with Crippen molar-refractivity contribution in [2.45, 2.75) is 12.5 Å². The van der Waals surface area contributed by atoms with Gasteiger partial charge in [-0.1, -0.05) is 29.8 Å². The molecule has 0 amide bonds. The Morgan fingerprint density at radius 1 is 1.18 bits per heavy atom. The third kappa shape index (κ3) is 4.19. The van der Waals surface area contributed by atoms with Gasteiger partial charge in [0.15, 0.2) is 0 Å². The van der Waals surface area contributed by atoms with Crippen molar-refractivity contribution in [3.63, 3.8) is 0 Å². The van der Waals surface area contributed by atoms with E-state index in [9.17, 15) is 4.79 Å². The van der Waals surface area contributed by atoms with E-state index >= 15 is 0 Å². The second kappa shape index (κ2) is 9.25. The Hall–Kier alpha value is -3.35. The molecule has 4 aromatic rings. The van der Waals surface area contributed by atoms with Crippen molar-refractivity contribution in [2.75, 3.05) is 31.6 Å². The van der Waals surface area contributed by atoms with Crippen molar-refractivity contribution in [3.05, 3.63) is 83.1 Å². The Kier molecular flexibility index (Phi) is 6.03. The number of piperazine rings is 1. The second-order valence-electron chi connectivity index (χ2n) is 8.15. The van der Waals surface area contributed by atoms with Gasteiger partial charge in [-0.15, -0.1) is 0 Å². The third-order valence-corrected chi connectivity index (χ3v) is 6.43. The summed E-state index contributed by atoms with van der Waals surface area (Å²) in [6.45, 7) is 2.56. The Bertz CT molecular complexity index is 1290. The van der Waals surface area contributed by atoms with Crippen molar-refractivity contribution in [1.82, 2.24) is 14.7 Å². The standard InChI is InChI=1S/C26H25ClN4O2/c1-33-24-14-18(17-32)5-10-22(24)30-13-11-28-16-21(30)15-23-26(19-6-8-20(27)9-7-19)29-25-4-2-3-12-31(23)25/h2-10,12,14,17,21,28H,11,13,15-16H2,1H3. The first-order valence-electron chi connectivity index (χ1n) is 11.0. The Morgan fingerprint density at radius 3 is 2.82 bits per heavy atom. The zero-order valence-corrected chi connectivity index (χ0v) is 19.1. The lowest BCUT2D eigenvalue weighted by Gasteiger charge is -2.38. The molecule has 6 nitrogen and oxygen atoms in total. The Labute approximate surface area is 197 Å². The molecule has 7 heteroatoms. The van der Waals surface area contributed by atoms with Crippen LogP contribution < -0.4 is 15.0 Å². The summed E-state index contributed by atoms with van der Waals surface area (Å²) in [5.41, 5.74) is 5.68. The molecule has 0 spiro atoms. The lowest BCUT2D eigenvalue weighted by Crippen LogP contribution is -2.52. The number of ether oxygens (including phenoxy) is 1. The van der Waals surface area contributed by atoms with Gasteiger partial charge in [-0.3, -0.25) is 4.79 Å². The van der Waals surface area contributed by atoms with E-state index in [4.69, 9.17) is 21.3 Å². The number of anilines is 1. The number of pyridine rings is 1. The molecule has 1 saturated heterocycles. The molecule has 1 aliphatic rings. The topological polar surface area (TPSA) is 58.9 Å². The summed E-state index contributed by atoms with van der Waals surface area (Å²) in [5, 5.41) is 4.24. The molecular weight excluding hydrogens is 436 g/mol. The van der Waals surface area contributed by atoms with Gasteiger partial charge in [0, 0.05) is 54.4 Å². The molecule has 168 valence electrons. The predicted octanol–water partition coefficient (Wildman–Crippen LogP) is 4.50. The number of benzene rings is 2. The molecule has 1 atom stereocenters. The fourth-order valence-corrected chi connectivity index (χ4v) is 4.69. The number of imidazole rings is 1. The minimum atomic E-state index is 0.181. The van der Waals surface area contributed by atoms with Crippen LogP contribution in [0.4, 0.5) is 5.69 Å². The number of aromatic nitrogens is 2. The van der Waals surface area contributed by atoms with Crippen molar-refractivity contribution in [2.24, 2.45) is 0 Å². The number of hydrogen-bond donors (Lipinski definition) is 1. The van der Waals surface area contributed by atoms with Crippen LogP contribution in [0.2, 0.25) is 5.02 Å². The van der Waals surface area contributed by atoms with Crippen LogP contribution in [0.5, 0.6) is 5.75 Å². The van der Waals surface area contributed by atoms with Crippen LogP contribution in [0.1, 0.15) is 16.1 Å². The van der Waals surface area contributed by atoms with Crippen LogP contribution in [0, 0.1) is 0 Å². The highest BCUT2D eigenvalue weighted by molar-refractivity contribution is 6.30. The first-order chi connectivity index (χ1) is 16.2. The van der Waals surface area contributed by atoms with Crippen molar-refractivity contribution >= 4 is 29.2 Å². The summed E-state index contributed by atoms with van der Waals surface area (Å²) in [6.07, 6.45) is 3.70. The number of rotatable bonds is 6. The number of fused-ring (bicyclic) bond motifs is 1. The van der Waals surface area contributed by atoms with E-state index in [1.165, 1.54) is 0 Å². The Balaban J connectivity index is 1.56. The van der Waals surface area contributed by atoms with Gasteiger partial charge in [-0.25, -0.2) is 4.98 Å². The number of methoxy groups -OCH3 is 1. The first kappa shape index (κ1) is 21.5. The normalized spacial score (nSPS) is 16.2. The van der Waals surface area contributed by atoms with Crippen molar-refractivity contribution in [1.29, 1.82) is 0 Å². The third-order valence-electron chi connectivity index (χ3n) is 6.18. The van der Waals surface area contributed by atoms with Gasteiger partial charge in [-0.2, -0.15) is 0 Å². The zero-order valence-electron chi connectivity index (χ0n) is 18.4. The van der Waals surface area contributed by atoms with Crippen LogP contribution in [0.25, 0.3) is 16.9 Å². The average molecular weight is 461 g/mol. The van der Waals surface area contributed by atoms with Crippen molar-refractivity contribution in [3.8, 4) is 17.0 Å². The molecule has 1 fully saturated rings. The van der Waals surface area contributed by atoms with E-state index in [-0.39, 0.29) is 6.04 Å². The number of halogens is 1. The number of carbonyl (C=O) groups is 1. The monoisotopic (exact) mass is 460 g/mol. The zero-order chi connectivity index (χ0) is 22.8. The maximum Gasteiger partial charge on any atom is 0.150 e. The molecule has 1 N–H and O–H groups in total. The second-order valence-corrected chi connectivity index (χ2v) is 8.58. The van der Waals surface area contributed by atoms with Gasteiger partial charge in [0.25, 0.3) is 0 Å². The quantitative estimate of drug-likeness (QED) is 0.429. The number of hydrogen-bond acceptors (Lipinski definition) is 5. The molecule has 2 aromatic carbocycles. The molecule has 1 unspecified atom stereocenters. The van der Waals surface area contributed by atoms with Gasteiger partial charge >= 0.3 is 0 Å². The van der Waals surface area contributed by atoms with Gasteiger partial charge in [-0.05, 0) is 42.5 Å². The first-order valence-corrected chi connectivity index (χ1v) is 11.4. The molecule has 0 saturated carbocycles. The lowest BCUT2D eigenvalue weighted by molar-refractivity contribution is 0.112. The molecular formula is C26H25ClN4O2. The maximum absolute atomic E-state index is 11.3. The smallest absolute Gasteiger partial charge is 0.150 e. The highest BCUT2D eigenvalue weighted by Crippen LogP contribution is 2.33. The summed E-state index contributed by atoms with van der Waals surface area (Å²) in [4.78, 5) is 18.6. The minimum absolute atomic E-state index is 0.181. The molecule has 1 aliphatic heterocycles. The summed E-state index contributed by atoms with van der Waals surface area (Å²) in [7, 11) is 1.65. The van der Waals surface area contributed by atoms with Gasteiger partial charge in [0.1, 0.15) is 17.7 Å². The van der Waals surface area contributed by atoms with E-state index in [1.807, 2.05) is 54.6 Å². The van der Waals surface area contributed by atoms with E-state index in [0.717, 1.165) is 60.6 Å². The fourth-order valence-electron chi connectivity index (χ4n) is 4.57. The largest absolute Gasteiger partial charge is 0.495 e. The number of aldehydes is 1. The molecule has 2 aromatic heterocycles. The SMILES string of the molecule is COc1cc(C=O)ccc1N1CCNCC1Cc1c(-c2ccc(Cl)cc2)nc2ccccn12. The number of nitrogens with zero attached hydrogens (tertiary/aromatic N) is 3. The van der Waals surface area contributed by atoms with Crippen LogP contribution in [0.3, 0.4) is 0 Å². The number of nitrogens with one attached hydrogen (secondary N) is 1. The Morgan fingerprint density at radius 2 is 2.03 bits per heavy atom. The summed E-state index contributed by atoms with van der Waals surface area (Å²) >= 11 is 6.14. The highest BCUT2D eigenvalue weighted by Gasteiger charge is 2.28. The fraction of sp³-hybridized carbons (Fsp3) is 0.231. The number of carbonyl (C=O) groups excluding carboxylic acids is 1. The van der Waals surface area contributed by atoms with Crippen LogP contribution in [-0.2, 0) is 6.42 Å². The molecule has 3 heterocycles. The average Bonchev–Trinajstić information content (AvgIpc) is 3.23. The lowest BCUT2D eigenvalue weighted by atomic mass is 10.0. The van der Waals surface area contributed by atoms with E-state index < -0.39 is 0 Å². The molecule has 0 bridgehead atoms. The van der Waals surface area contributed by atoms with Gasteiger partial charge in [0.2, 0.25) is 0 Å². The summed E-state index contributed by atoms with van der Waals surface area (Å²) < 4.78 is 7.82. The maximum atomic E-state index is 11.3.